The Morgan fingerprint density at radius 1 is 1.10 bits per heavy atom. The van der Waals surface area contributed by atoms with Crippen molar-refractivity contribution in [1.82, 2.24) is 0 Å². The Labute approximate surface area is 131 Å². The van der Waals surface area contributed by atoms with Gasteiger partial charge in [0.1, 0.15) is 23.5 Å². The standard InChI is InChI=1S/C14H10Br2F2O2/c1-20-13-6-12(18)11(16)5-10(13)14(19)7-2-8(15)4-9(17)3-7/h2-6,14,19H,1H3. The molecule has 1 unspecified atom stereocenters. The summed E-state index contributed by atoms with van der Waals surface area (Å²) in [6, 6.07) is 6.67. The van der Waals surface area contributed by atoms with Crippen molar-refractivity contribution in [2.45, 2.75) is 6.10 Å². The molecule has 1 N–H and O–H groups in total. The minimum atomic E-state index is -1.13. The fourth-order valence-corrected chi connectivity index (χ4v) is 2.69. The van der Waals surface area contributed by atoms with Crippen molar-refractivity contribution < 1.29 is 18.6 Å². The summed E-state index contributed by atoms with van der Waals surface area (Å²) in [7, 11) is 1.38. The molecule has 0 aromatic heterocycles. The molecule has 2 rings (SSSR count). The number of ether oxygens (including phenoxy) is 1. The van der Waals surface area contributed by atoms with Crippen LogP contribution in [-0.2, 0) is 0 Å². The van der Waals surface area contributed by atoms with Crippen molar-refractivity contribution in [1.29, 1.82) is 0 Å². The summed E-state index contributed by atoms with van der Waals surface area (Å²) in [4.78, 5) is 0. The Balaban J connectivity index is 2.52. The molecule has 6 heteroatoms. The van der Waals surface area contributed by atoms with E-state index >= 15 is 0 Å². The molecule has 0 spiro atoms. The predicted octanol–water partition coefficient (Wildman–Crippen LogP) is 4.58. The van der Waals surface area contributed by atoms with Gasteiger partial charge in [0.15, 0.2) is 0 Å². The summed E-state index contributed by atoms with van der Waals surface area (Å²) in [6.45, 7) is 0. The number of hydrogen-bond acceptors (Lipinski definition) is 2. The van der Waals surface area contributed by atoms with E-state index in [-0.39, 0.29) is 10.2 Å². The van der Waals surface area contributed by atoms with Crippen LogP contribution in [0.1, 0.15) is 17.2 Å². The first-order valence-corrected chi connectivity index (χ1v) is 7.18. The van der Waals surface area contributed by atoms with Crippen molar-refractivity contribution in [2.24, 2.45) is 0 Å². The largest absolute Gasteiger partial charge is 0.496 e. The van der Waals surface area contributed by atoms with Crippen molar-refractivity contribution in [3.05, 3.63) is 62.0 Å². The van der Waals surface area contributed by atoms with E-state index in [9.17, 15) is 13.9 Å². The van der Waals surface area contributed by atoms with Gasteiger partial charge in [-0.3, -0.25) is 0 Å². The van der Waals surface area contributed by atoms with Gasteiger partial charge < -0.3 is 9.84 Å². The first-order valence-electron chi connectivity index (χ1n) is 5.59. The number of rotatable bonds is 3. The van der Waals surface area contributed by atoms with Gasteiger partial charge in [-0.25, -0.2) is 8.78 Å². The van der Waals surface area contributed by atoms with Crippen LogP contribution in [0.15, 0.2) is 39.3 Å². The first kappa shape index (κ1) is 15.4. The van der Waals surface area contributed by atoms with Gasteiger partial charge in [-0.05, 0) is 45.8 Å². The topological polar surface area (TPSA) is 29.5 Å². The number of aliphatic hydroxyl groups excluding tert-OH is 1. The maximum Gasteiger partial charge on any atom is 0.141 e. The lowest BCUT2D eigenvalue weighted by Gasteiger charge is -2.16. The molecule has 106 valence electrons. The molecule has 0 bridgehead atoms. The average Bonchev–Trinajstić information content (AvgIpc) is 2.39. The van der Waals surface area contributed by atoms with E-state index in [2.05, 4.69) is 31.9 Å². The van der Waals surface area contributed by atoms with Gasteiger partial charge in [-0.15, -0.1) is 0 Å². The second-order valence-corrected chi connectivity index (χ2v) is 5.88. The summed E-state index contributed by atoms with van der Waals surface area (Å²) in [6.07, 6.45) is -1.13. The molecule has 2 aromatic carbocycles. The van der Waals surface area contributed by atoms with Gasteiger partial charge in [0.2, 0.25) is 0 Å². The van der Waals surface area contributed by atoms with Crippen molar-refractivity contribution in [2.75, 3.05) is 7.11 Å². The molecule has 0 aliphatic rings. The van der Waals surface area contributed by atoms with Crippen LogP contribution in [0.25, 0.3) is 0 Å². The summed E-state index contributed by atoms with van der Waals surface area (Å²) in [5.41, 5.74) is 0.687. The van der Waals surface area contributed by atoms with Gasteiger partial charge in [0, 0.05) is 16.1 Å². The first-order chi connectivity index (χ1) is 9.42. The van der Waals surface area contributed by atoms with Crippen LogP contribution in [-0.4, -0.2) is 12.2 Å². The third-order valence-electron chi connectivity index (χ3n) is 2.77. The van der Waals surface area contributed by atoms with E-state index in [0.717, 1.165) is 6.07 Å². The Kier molecular flexibility index (Phi) is 4.78. The highest BCUT2D eigenvalue weighted by molar-refractivity contribution is 9.10. The lowest BCUT2D eigenvalue weighted by Crippen LogP contribution is -2.04. The van der Waals surface area contributed by atoms with Gasteiger partial charge >= 0.3 is 0 Å². The van der Waals surface area contributed by atoms with Crippen LogP contribution < -0.4 is 4.74 Å². The number of benzene rings is 2. The molecule has 2 aromatic rings. The Bertz CT molecular complexity index is 627. The summed E-state index contributed by atoms with van der Waals surface area (Å²) in [5.74, 6) is -0.787. The van der Waals surface area contributed by atoms with Crippen molar-refractivity contribution in [3.63, 3.8) is 0 Å². The molecule has 20 heavy (non-hydrogen) atoms. The van der Waals surface area contributed by atoms with Crippen LogP contribution in [0.3, 0.4) is 0 Å². The van der Waals surface area contributed by atoms with Gasteiger partial charge in [-0.1, -0.05) is 15.9 Å². The van der Waals surface area contributed by atoms with Crippen LogP contribution in [0.2, 0.25) is 0 Å². The SMILES string of the molecule is COc1cc(F)c(Br)cc1C(O)c1cc(F)cc(Br)c1. The Morgan fingerprint density at radius 2 is 1.80 bits per heavy atom. The van der Waals surface area contributed by atoms with E-state index in [1.807, 2.05) is 0 Å². The van der Waals surface area contributed by atoms with Crippen molar-refractivity contribution in [3.8, 4) is 5.75 Å². The maximum atomic E-state index is 13.5. The molecule has 0 radical (unpaired) electrons. The molecular formula is C14H10Br2F2O2. The smallest absolute Gasteiger partial charge is 0.141 e. The average molecular weight is 408 g/mol. The van der Waals surface area contributed by atoms with Crippen molar-refractivity contribution >= 4 is 31.9 Å². The van der Waals surface area contributed by atoms with E-state index in [0.29, 0.717) is 15.6 Å². The molecule has 0 amide bonds. The number of hydrogen-bond donors (Lipinski definition) is 1. The van der Waals surface area contributed by atoms with Crippen LogP contribution in [0.4, 0.5) is 8.78 Å². The zero-order valence-corrected chi connectivity index (χ0v) is 13.5. The monoisotopic (exact) mass is 406 g/mol. The number of halogens is 4. The minimum absolute atomic E-state index is 0.193. The van der Waals surface area contributed by atoms with E-state index < -0.39 is 17.7 Å². The predicted molar refractivity (Wildman–Crippen MR) is 78.8 cm³/mol. The second kappa shape index (κ2) is 6.20. The van der Waals surface area contributed by atoms with Crippen LogP contribution in [0, 0.1) is 11.6 Å². The molecule has 0 saturated carbocycles. The normalized spacial score (nSPS) is 12.3. The fraction of sp³-hybridized carbons (Fsp3) is 0.143. The lowest BCUT2D eigenvalue weighted by atomic mass is 10.0. The Hall–Kier alpha value is -0.980. The molecule has 0 heterocycles. The molecule has 0 aliphatic carbocycles. The molecule has 0 saturated heterocycles. The van der Waals surface area contributed by atoms with Gasteiger partial charge in [-0.2, -0.15) is 0 Å². The molecular weight excluding hydrogens is 398 g/mol. The molecule has 2 nitrogen and oxygen atoms in total. The zero-order chi connectivity index (χ0) is 14.9. The number of methoxy groups -OCH3 is 1. The summed E-state index contributed by atoms with van der Waals surface area (Å²) >= 11 is 6.22. The third-order valence-corrected chi connectivity index (χ3v) is 3.83. The zero-order valence-electron chi connectivity index (χ0n) is 10.3. The van der Waals surface area contributed by atoms with E-state index in [4.69, 9.17) is 4.74 Å². The Morgan fingerprint density at radius 3 is 2.40 bits per heavy atom. The fourth-order valence-electron chi connectivity index (χ4n) is 1.85. The highest BCUT2D eigenvalue weighted by Crippen LogP contribution is 2.35. The third kappa shape index (κ3) is 3.19. The highest BCUT2D eigenvalue weighted by Gasteiger charge is 2.19. The number of aliphatic hydroxyl groups is 1. The van der Waals surface area contributed by atoms with Crippen LogP contribution in [0.5, 0.6) is 5.75 Å². The van der Waals surface area contributed by atoms with E-state index in [1.165, 1.54) is 25.3 Å². The highest BCUT2D eigenvalue weighted by atomic mass is 79.9. The molecule has 1 atom stereocenters. The van der Waals surface area contributed by atoms with Gasteiger partial charge in [0.25, 0.3) is 0 Å². The summed E-state index contributed by atoms with van der Waals surface area (Å²) in [5, 5.41) is 10.4. The molecule has 0 fully saturated rings. The minimum Gasteiger partial charge on any atom is -0.496 e. The van der Waals surface area contributed by atoms with E-state index in [1.54, 1.807) is 6.07 Å². The van der Waals surface area contributed by atoms with Crippen LogP contribution >= 0.6 is 31.9 Å². The lowest BCUT2D eigenvalue weighted by molar-refractivity contribution is 0.214. The quantitative estimate of drug-likeness (QED) is 0.806. The molecule has 0 aliphatic heterocycles. The maximum absolute atomic E-state index is 13.5. The summed E-state index contributed by atoms with van der Waals surface area (Å²) < 4.78 is 32.6. The second-order valence-electron chi connectivity index (χ2n) is 4.11. The van der Waals surface area contributed by atoms with Gasteiger partial charge in [0.05, 0.1) is 11.6 Å².